The number of ether oxygens (including phenoxy) is 3. The Kier molecular flexibility index (Phi) is 7.30. The first kappa shape index (κ1) is 23.3. The summed E-state index contributed by atoms with van der Waals surface area (Å²) in [5, 5.41) is 0.888. The minimum Gasteiger partial charge on any atom is -0.493 e. The van der Waals surface area contributed by atoms with Crippen molar-refractivity contribution in [3.63, 3.8) is 0 Å². The summed E-state index contributed by atoms with van der Waals surface area (Å²) in [6.45, 7) is 5.51. The van der Waals surface area contributed by atoms with Crippen molar-refractivity contribution >= 4 is 17.2 Å². The maximum Gasteiger partial charge on any atom is 0.167 e. The zero-order chi connectivity index (χ0) is 23.4. The minimum atomic E-state index is -0.619. The fourth-order valence-electron chi connectivity index (χ4n) is 4.82. The van der Waals surface area contributed by atoms with Crippen molar-refractivity contribution in [3.05, 3.63) is 59.0 Å². The Hall–Kier alpha value is -2.90. The van der Waals surface area contributed by atoms with E-state index in [1.165, 1.54) is 11.6 Å². The van der Waals surface area contributed by atoms with Gasteiger partial charge in [-0.25, -0.2) is 4.39 Å². The van der Waals surface area contributed by atoms with Crippen LogP contribution >= 0.6 is 0 Å². The number of methoxy groups -OCH3 is 1. The molecule has 2 heterocycles. The number of H-pyrrole nitrogens is 1. The molecule has 1 aromatic heterocycles. The van der Waals surface area contributed by atoms with Gasteiger partial charge in [0.2, 0.25) is 0 Å². The number of nitrogens with one attached hydrogen (secondary N) is 1. The zero-order valence-corrected chi connectivity index (χ0v) is 19.4. The smallest absolute Gasteiger partial charge is 0.167 e. The number of hydrogen-bond acceptors (Lipinski definition) is 5. The van der Waals surface area contributed by atoms with Crippen LogP contribution in [0.5, 0.6) is 11.5 Å². The molecule has 1 aliphatic heterocycles. The summed E-state index contributed by atoms with van der Waals surface area (Å²) in [5.74, 6) is 1.16. The molecule has 33 heavy (non-hydrogen) atoms. The van der Waals surface area contributed by atoms with Gasteiger partial charge in [-0.05, 0) is 80.1 Å². The maximum absolute atomic E-state index is 13.9. The lowest BCUT2D eigenvalue weighted by molar-refractivity contribution is -0.135. The number of benzene rings is 2. The highest BCUT2D eigenvalue weighted by Gasteiger charge is 2.33. The molecule has 0 amide bonds. The van der Waals surface area contributed by atoms with Gasteiger partial charge in [-0.1, -0.05) is 0 Å². The molecule has 0 aliphatic carbocycles. The summed E-state index contributed by atoms with van der Waals surface area (Å²) < 4.78 is 31.0. The molecule has 6 nitrogen and oxygen atoms in total. The molecule has 0 saturated heterocycles. The fraction of sp³-hybridized carbons (Fsp3) is 0.423. The highest BCUT2D eigenvalue weighted by Crippen LogP contribution is 2.41. The van der Waals surface area contributed by atoms with Crippen LogP contribution in [0.3, 0.4) is 0 Å². The maximum atomic E-state index is 13.9. The number of halogens is 1. The number of rotatable bonds is 10. The molecule has 0 spiro atoms. The third kappa shape index (κ3) is 4.75. The van der Waals surface area contributed by atoms with Crippen molar-refractivity contribution in [3.8, 4) is 11.5 Å². The predicted octanol–water partition coefficient (Wildman–Crippen LogP) is 4.81. The van der Waals surface area contributed by atoms with Crippen LogP contribution in [0.2, 0.25) is 0 Å². The summed E-state index contributed by atoms with van der Waals surface area (Å²) in [6, 6.07) is 8.81. The number of nitrogens with zero attached hydrogens (tertiary/aromatic N) is 1. The van der Waals surface area contributed by atoms with Crippen molar-refractivity contribution in [2.75, 3.05) is 26.9 Å². The Labute approximate surface area is 193 Å². The number of aromatic amines is 1. The third-order valence-electron chi connectivity index (χ3n) is 6.32. The van der Waals surface area contributed by atoms with Crippen molar-refractivity contribution < 1.29 is 23.4 Å². The molecule has 0 saturated carbocycles. The molecule has 7 heteroatoms. The van der Waals surface area contributed by atoms with Gasteiger partial charge in [-0.2, -0.15) is 0 Å². The van der Waals surface area contributed by atoms with Gasteiger partial charge in [0.1, 0.15) is 5.82 Å². The van der Waals surface area contributed by atoms with E-state index >= 15 is 0 Å². The van der Waals surface area contributed by atoms with Crippen LogP contribution in [0, 0.1) is 5.82 Å². The van der Waals surface area contributed by atoms with Gasteiger partial charge in [0.25, 0.3) is 0 Å². The lowest BCUT2D eigenvalue weighted by atomic mass is 9.88. The molecular formula is C26H31FN2O4. The van der Waals surface area contributed by atoms with E-state index in [-0.39, 0.29) is 11.9 Å². The highest BCUT2D eigenvalue weighted by atomic mass is 19.1. The normalized spacial score (nSPS) is 17.0. The van der Waals surface area contributed by atoms with E-state index in [1.807, 2.05) is 32.2 Å². The van der Waals surface area contributed by atoms with E-state index in [4.69, 9.17) is 14.2 Å². The second-order valence-corrected chi connectivity index (χ2v) is 8.16. The first-order valence-electron chi connectivity index (χ1n) is 11.5. The van der Waals surface area contributed by atoms with Crippen LogP contribution in [0.15, 0.2) is 36.5 Å². The summed E-state index contributed by atoms with van der Waals surface area (Å²) in [7, 11) is 1.64. The Bertz CT molecular complexity index is 1110. The van der Waals surface area contributed by atoms with Gasteiger partial charge < -0.3 is 19.2 Å². The molecule has 1 aliphatic rings. The zero-order valence-electron chi connectivity index (χ0n) is 19.4. The molecule has 3 aromatic rings. The first-order valence-corrected chi connectivity index (χ1v) is 11.5. The Balaban J connectivity index is 1.70. The van der Waals surface area contributed by atoms with Crippen LogP contribution in [-0.4, -0.2) is 49.3 Å². The first-order chi connectivity index (χ1) is 16.1. The van der Waals surface area contributed by atoms with Crippen LogP contribution < -0.4 is 9.47 Å². The van der Waals surface area contributed by atoms with Crippen molar-refractivity contribution in [2.45, 2.75) is 45.4 Å². The SMILES string of the molecule is CCOc1cc2c(cc1OC)CCN(C(C=O)OCC)[C@H]2CCc1c[nH]c2ccc(F)cc12. The van der Waals surface area contributed by atoms with Crippen molar-refractivity contribution in [2.24, 2.45) is 0 Å². The van der Waals surface area contributed by atoms with Crippen LogP contribution in [0.4, 0.5) is 4.39 Å². The van der Waals surface area contributed by atoms with E-state index in [1.54, 1.807) is 19.2 Å². The average Bonchev–Trinajstić information content (AvgIpc) is 3.22. The van der Waals surface area contributed by atoms with E-state index in [0.29, 0.717) is 31.3 Å². The van der Waals surface area contributed by atoms with Gasteiger partial charge in [0.05, 0.1) is 13.7 Å². The van der Waals surface area contributed by atoms with Gasteiger partial charge in [-0.15, -0.1) is 0 Å². The molecule has 1 N–H and O–H groups in total. The molecule has 176 valence electrons. The Morgan fingerprint density at radius 3 is 2.79 bits per heavy atom. The molecule has 2 atom stereocenters. The molecule has 2 aromatic carbocycles. The number of carbonyl (C=O) groups is 1. The average molecular weight is 455 g/mol. The largest absolute Gasteiger partial charge is 0.493 e. The second-order valence-electron chi connectivity index (χ2n) is 8.16. The number of aromatic nitrogens is 1. The molecule has 0 fully saturated rings. The number of aldehydes is 1. The lowest BCUT2D eigenvalue weighted by Gasteiger charge is -2.40. The van der Waals surface area contributed by atoms with E-state index in [2.05, 4.69) is 9.88 Å². The summed E-state index contributed by atoms with van der Waals surface area (Å²) in [6.07, 6.45) is 4.44. The monoisotopic (exact) mass is 454 g/mol. The second kappa shape index (κ2) is 10.4. The number of aryl methyl sites for hydroxylation is 1. The number of carbonyl (C=O) groups excluding carboxylic acids is 1. The van der Waals surface area contributed by atoms with E-state index in [9.17, 15) is 9.18 Å². The van der Waals surface area contributed by atoms with E-state index in [0.717, 1.165) is 47.6 Å². The molecule has 4 rings (SSSR count). The summed E-state index contributed by atoms with van der Waals surface area (Å²) in [5.41, 5.74) is 4.26. The van der Waals surface area contributed by atoms with Crippen molar-refractivity contribution in [1.29, 1.82) is 0 Å². The van der Waals surface area contributed by atoms with Gasteiger partial charge >= 0.3 is 0 Å². The Morgan fingerprint density at radius 1 is 1.21 bits per heavy atom. The lowest BCUT2D eigenvalue weighted by Crippen LogP contribution is -2.45. The third-order valence-corrected chi connectivity index (χ3v) is 6.32. The molecule has 0 radical (unpaired) electrons. The topological polar surface area (TPSA) is 63.8 Å². The molecule has 1 unspecified atom stereocenters. The fourth-order valence-corrected chi connectivity index (χ4v) is 4.82. The van der Waals surface area contributed by atoms with E-state index < -0.39 is 6.23 Å². The molecular weight excluding hydrogens is 423 g/mol. The predicted molar refractivity (Wildman–Crippen MR) is 125 cm³/mol. The number of hydrogen-bond donors (Lipinski definition) is 1. The van der Waals surface area contributed by atoms with Crippen LogP contribution in [0.25, 0.3) is 10.9 Å². The highest BCUT2D eigenvalue weighted by molar-refractivity contribution is 5.83. The van der Waals surface area contributed by atoms with Crippen LogP contribution in [0.1, 0.15) is 43.0 Å². The summed E-state index contributed by atoms with van der Waals surface area (Å²) >= 11 is 0. The van der Waals surface area contributed by atoms with Crippen LogP contribution in [-0.2, 0) is 22.4 Å². The standard InChI is InChI=1S/C26H31FN2O4/c1-4-32-25-14-21-17(12-24(25)31-3)10-11-29(26(16-30)33-5-2)23(21)9-6-18-15-28-22-8-7-19(27)13-20(18)22/h7-8,12-16,23,26,28H,4-6,9-11H2,1-3H3/t23-,26?/m0/s1. The van der Waals surface area contributed by atoms with Gasteiger partial charge in [-0.3, -0.25) is 9.69 Å². The Morgan fingerprint density at radius 2 is 2.06 bits per heavy atom. The minimum absolute atomic E-state index is 0.0564. The van der Waals surface area contributed by atoms with Crippen molar-refractivity contribution in [1.82, 2.24) is 9.88 Å². The number of fused-ring (bicyclic) bond motifs is 2. The van der Waals surface area contributed by atoms with Gasteiger partial charge in [0.15, 0.2) is 24.0 Å². The molecule has 0 bridgehead atoms. The van der Waals surface area contributed by atoms with Gasteiger partial charge in [0, 0.05) is 36.3 Å². The summed E-state index contributed by atoms with van der Waals surface area (Å²) in [4.78, 5) is 17.3. The quantitative estimate of drug-likeness (QED) is 0.446.